The number of phenols is 1. The highest BCUT2D eigenvalue weighted by Crippen LogP contribution is 2.26. The van der Waals surface area contributed by atoms with Crippen molar-refractivity contribution in [2.75, 3.05) is 4.72 Å². The van der Waals surface area contributed by atoms with Crippen molar-refractivity contribution >= 4 is 38.9 Å². The van der Waals surface area contributed by atoms with Gasteiger partial charge in [0.2, 0.25) is 0 Å². The summed E-state index contributed by atoms with van der Waals surface area (Å²) >= 11 is 11.6. The van der Waals surface area contributed by atoms with Crippen LogP contribution in [-0.2, 0) is 10.0 Å². The maximum absolute atomic E-state index is 12.1. The smallest absolute Gasteiger partial charge is 0.262 e. The summed E-state index contributed by atoms with van der Waals surface area (Å²) in [6.07, 6.45) is 0. The minimum absolute atomic E-state index is 0.0430. The standard InChI is InChI=1S/C12H9Cl2NO3S/c13-11-5-4-8(6-12(11)14)15-19(17,18)10-3-1-2-9(16)7-10/h1-7,15-16H. The number of nitrogens with one attached hydrogen (secondary N) is 1. The Morgan fingerprint density at radius 2 is 1.74 bits per heavy atom. The van der Waals surface area contributed by atoms with Gasteiger partial charge in [-0.1, -0.05) is 29.3 Å². The number of aromatic hydroxyl groups is 1. The first-order chi connectivity index (χ1) is 8.88. The van der Waals surface area contributed by atoms with Gasteiger partial charge in [0, 0.05) is 6.07 Å². The molecule has 0 unspecified atom stereocenters. The first kappa shape index (κ1) is 14.0. The third kappa shape index (κ3) is 3.32. The second kappa shape index (κ2) is 5.28. The SMILES string of the molecule is O=S(=O)(Nc1ccc(Cl)c(Cl)c1)c1cccc(O)c1. The fraction of sp³-hybridized carbons (Fsp3) is 0. The van der Waals surface area contributed by atoms with Crippen LogP contribution in [0.4, 0.5) is 5.69 Å². The predicted molar refractivity (Wildman–Crippen MR) is 75.4 cm³/mol. The number of hydrogen-bond donors (Lipinski definition) is 2. The van der Waals surface area contributed by atoms with Crippen LogP contribution in [0.2, 0.25) is 10.0 Å². The summed E-state index contributed by atoms with van der Waals surface area (Å²) in [5.41, 5.74) is 0.290. The van der Waals surface area contributed by atoms with E-state index in [9.17, 15) is 13.5 Å². The molecule has 2 N–H and O–H groups in total. The molecule has 0 spiro atoms. The highest BCUT2D eigenvalue weighted by molar-refractivity contribution is 7.92. The molecule has 0 amide bonds. The number of hydrogen-bond acceptors (Lipinski definition) is 3. The van der Waals surface area contributed by atoms with Crippen molar-refractivity contribution in [3.63, 3.8) is 0 Å². The fourth-order valence-corrected chi connectivity index (χ4v) is 2.81. The van der Waals surface area contributed by atoms with Crippen LogP contribution in [0.1, 0.15) is 0 Å². The Labute approximate surface area is 120 Å². The summed E-state index contributed by atoms with van der Waals surface area (Å²) in [5.74, 6) is -0.128. The van der Waals surface area contributed by atoms with E-state index in [1.807, 2.05) is 0 Å². The largest absolute Gasteiger partial charge is 0.508 e. The van der Waals surface area contributed by atoms with Crippen LogP contribution in [0, 0.1) is 0 Å². The van der Waals surface area contributed by atoms with E-state index in [4.69, 9.17) is 23.2 Å². The number of benzene rings is 2. The second-order valence-corrected chi connectivity index (χ2v) is 6.23. The lowest BCUT2D eigenvalue weighted by Crippen LogP contribution is -2.12. The minimum atomic E-state index is -3.78. The zero-order valence-electron chi connectivity index (χ0n) is 9.47. The topological polar surface area (TPSA) is 66.4 Å². The van der Waals surface area contributed by atoms with Crippen molar-refractivity contribution in [3.05, 3.63) is 52.5 Å². The van der Waals surface area contributed by atoms with Crippen molar-refractivity contribution in [1.82, 2.24) is 0 Å². The molecule has 2 aromatic rings. The lowest BCUT2D eigenvalue weighted by Gasteiger charge is -2.09. The molecule has 0 saturated heterocycles. The van der Waals surface area contributed by atoms with E-state index in [0.717, 1.165) is 6.07 Å². The molecular formula is C12H9Cl2NO3S. The van der Waals surface area contributed by atoms with E-state index in [2.05, 4.69) is 4.72 Å². The third-order valence-corrected chi connectivity index (χ3v) is 4.42. The van der Waals surface area contributed by atoms with Gasteiger partial charge in [-0.3, -0.25) is 4.72 Å². The first-order valence-electron chi connectivity index (χ1n) is 5.15. The summed E-state index contributed by atoms with van der Waals surface area (Å²) in [6.45, 7) is 0. The Bertz CT molecular complexity index is 717. The summed E-state index contributed by atoms with van der Waals surface area (Å²) < 4.78 is 26.5. The summed E-state index contributed by atoms with van der Waals surface area (Å²) in [4.78, 5) is -0.0430. The number of phenolic OH excluding ortho intramolecular Hbond substituents is 1. The van der Waals surface area contributed by atoms with Crippen molar-refractivity contribution in [3.8, 4) is 5.75 Å². The lowest BCUT2D eigenvalue weighted by atomic mass is 10.3. The first-order valence-corrected chi connectivity index (χ1v) is 7.39. The molecule has 0 saturated carbocycles. The maximum atomic E-state index is 12.1. The molecule has 0 aliphatic heterocycles. The van der Waals surface area contributed by atoms with Crippen LogP contribution < -0.4 is 4.72 Å². The molecule has 0 bridgehead atoms. The molecule has 0 aliphatic rings. The Hall–Kier alpha value is -1.43. The van der Waals surface area contributed by atoms with E-state index in [-0.39, 0.29) is 21.4 Å². The second-order valence-electron chi connectivity index (χ2n) is 3.73. The van der Waals surface area contributed by atoms with Gasteiger partial charge in [-0.25, -0.2) is 8.42 Å². The Balaban J connectivity index is 2.33. The Morgan fingerprint density at radius 3 is 2.37 bits per heavy atom. The van der Waals surface area contributed by atoms with Gasteiger partial charge >= 0.3 is 0 Å². The quantitative estimate of drug-likeness (QED) is 0.910. The lowest BCUT2D eigenvalue weighted by molar-refractivity contribution is 0.473. The van der Waals surface area contributed by atoms with E-state index in [0.29, 0.717) is 5.02 Å². The van der Waals surface area contributed by atoms with E-state index in [1.54, 1.807) is 0 Å². The zero-order valence-corrected chi connectivity index (χ0v) is 11.8. The van der Waals surface area contributed by atoms with Gasteiger partial charge in [0.25, 0.3) is 10.0 Å². The highest BCUT2D eigenvalue weighted by atomic mass is 35.5. The number of anilines is 1. The number of rotatable bonds is 3. The average Bonchev–Trinajstić information content (AvgIpc) is 2.33. The predicted octanol–water partition coefficient (Wildman–Crippen LogP) is 3.50. The number of sulfonamides is 1. The van der Waals surface area contributed by atoms with E-state index >= 15 is 0 Å². The Morgan fingerprint density at radius 1 is 1.00 bits per heavy atom. The molecule has 100 valence electrons. The van der Waals surface area contributed by atoms with Crippen LogP contribution in [-0.4, -0.2) is 13.5 Å². The molecule has 0 atom stereocenters. The van der Waals surface area contributed by atoms with Gasteiger partial charge in [-0.05, 0) is 30.3 Å². The van der Waals surface area contributed by atoms with Gasteiger partial charge in [-0.15, -0.1) is 0 Å². The monoisotopic (exact) mass is 317 g/mol. The summed E-state index contributed by atoms with van der Waals surface area (Å²) in [5, 5.41) is 9.88. The Kier molecular flexibility index (Phi) is 3.89. The van der Waals surface area contributed by atoms with Gasteiger partial charge in [-0.2, -0.15) is 0 Å². The summed E-state index contributed by atoms with van der Waals surface area (Å²) in [7, 11) is -3.78. The molecule has 0 heterocycles. The molecule has 0 aliphatic carbocycles. The molecule has 0 radical (unpaired) electrons. The van der Waals surface area contributed by atoms with Gasteiger partial charge in [0.05, 0.1) is 20.6 Å². The fourth-order valence-electron chi connectivity index (χ4n) is 1.42. The molecular weight excluding hydrogens is 309 g/mol. The molecule has 19 heavy (non-hydrogen) atoms. The minimum Gasteiger partial charge on any atom is -0.508 e. The van der Waals surface area contributed by atoms with Crippen molar-refractivity contribution < 1.29 is 13.5 Å². The number of halogens is 2. The van der Waals surface area contributed by atoms with E-state index < -0.39 is 10.0 Å². The molecule has 2 aromatic carbocycles. The zero-order chi connectivity index (χ0) is 14.0. The normalized spacial score (nSPS) is 11.3. The van der Waals surface area contributed by atoms with Crippen LogP contribution in [0.5, 0.6) is 5.75 Å². The van der Waals surface area contributed by atoms with Crippen LogP contribution in [0.15, 0.2) is 47.4 Å². The van der Waals surface area contributed by atoms with Crippen molar-refractivity contribution in [2.45, 2.75) is 4.90 Å². The van der Waals surface area contributed by atoms with Crippen LogP contribution in [0.25, 0.3) is 0 Å². The van der Waals surface area contributed by atoms with Gasteiger partial charge < -0.3 is 5.11 Å². The van der Waals surface area contributed by atoms with Crippen LogP contribution in [0.3, 0.4) is 0 Å². The summed E-state index contributed by atoms with van der Waals surface area (Å²) in [6, 6.07) is 9.75. The third-order valence-electron chi connectivity index (χ3n) is 2.30. The average molecular weight is 318 g/mol. The molecule has 4 nitrogen and oxygen atoms in total. The van der Waals surface area contributed by atoms with Crippen molar-refractivity contribution in [2.24, 2.45) is 0 Å². The van der Waals surface area contributed by atoms with Crippen LogP contribution >= 0.6 is 23.2 Å². The van der Waals surface area contributed by atoms with E-state index in [1.165, 1.54) is 36.4 Å². The highest BCUT2D eigenvalue weighted by Gasteiger charge is 2.15. The molecule has 2 rings (SSSR count). The maximum Gasteiger partial charge on any atom is 0.262 e. The molecule has 7 heteroatoms. The van der Waals surface area contributed by atoms with Crippen molar-refractivity contribution in [1.29, 1.82) is 0 Å². The molecule has 0 fully saturated rings. The molecule has 0 aromatic heterocycles. The van der Waals surface area contributed by atoms with Gasteiger partial charge in [0.15, 0.2) is 0 Å². The van der Waals surface area contributed by atoms with Gasteiger partial charge in [0.1, 0.15) is 5.75 Å².